The number of terminal acetylenes is 1. The minimum absolute atomic E-state index is 0.115. The molecule has 0 bridgehead atoms. The molecule has 0 spiro atoms. The molecule has 2 aliphatic rings. The molecule has 0 radical (unpaired) electrons. The van der Waals surface area contributed by atoms with Crippen molar-refractivity contribution in [1.29, 1.82) is 0 Å². The molecule has 0 aliphatic carbocycles. The van der Waals surface area contributed by atoms with E-state index in [9.17, 15) is 19.2 Å². The van der Waals surface area contributed by atoms with E-state index < -0.39 is 0 Å². The molecule has 6 aromatic rings. The van der Waals surface area contributed by atoms with Gasteiger partial charge in [0.2, 0.25) is 0 Å². The SMILES string of the molecule is C#Cc1cccc(CN2C(=O)c3ccc4c5ccc6c7c(ccc(c8ccc(c3c48)C2=O)c75)C(=O)N(C(CCCCCCCCCCC)CCCCCCCCCCC)C6=O)c1. The first-order valence-electron chi connectivity index (χ1n) is 23.9. The van der Waals surface area contributed by atoms with Crippen LogP contribution in [-0.2, 0) is 6.54 Å². The van der Waals surface area contributed by atoms with E-state index in [2.05, 4.69) is 19.8 Å². The van der Waals surface area contributed by atoms with Gasteiger partial charge in [-0.25, -0.2) is 0 Å². The van der Waals surface area contributed by atoms with Crippen LogP contribution in [0, 0.1) is 12.3 Å². The van der Waals surface area contributed by atoms with Crippen molar-refractivity contribution in [2.75, 3.05) is 0 Å². The van der Waals surface area contributed by atoms with Gasteiger partial charge in [0.15, 0.2) is 0 Å². The molecular weight excluding hydrogens is 765 g/mol. The molecule has 0 unspecified atom stereocenters. The summed E-state index contributed by atoms with van der Waals surface area (Å²) in [5.74, 6) is 1.56. The maximum Gasteiger partial charge on any atom is 0.261 e. The quantitative estimate of drug-likeness (QED) is 0.0212. The number of amides is 4. The van der Waals surface area contributed by atoms with E-state index in [0.29, 0.717) is 38.6 Å². The van der Waals surface area contributed by atoms with E-state index in [4.69, 9.17) is 6.42 Å². The molecule has 62 heavy (non-hydrogen) atoms. The molecular formula is C56H62N2O4. The molecule has 8 rings (SSSR count). The van der Waals surface area contributed by atoms with Crippen LogP contribution in [-0.4, -0.2) is 39.5 Å². The monoisotopic (exact) mass is 826 g/mol. The summed E-state index contributed by atoms with van der Waals surface area (Å²) in [6.07, 6.45) is 29.5. The first-order valence-corrected chi connectivity index (χ1v) is 23.9. The molecule has 320 valence electrons. The third kappa shape index (κ3) is 8.36. The molecule has 6 nitrogen and oxygen atoms in total. The van der Waals surface area contributed by atoms with Crippen LogP contribution in [0.4, 0.5) is 0 Å². The van der Waals surface area contributed by atoms with Crippen LogP contribution >= 0.6 is 0 Å². The number of nitrogens with zero attached hydrogens (tertiary/aromatic N) is 2. The first-order chi connectivity index (χ1) is 30.4. The minimum atomic E-state index is -0.344. The van der Waals surface area contributed by atoms with Gasteiger partial charge in [-0.15, -0.1) is 6.42 Å². The fourth-order valence-electron chi connectivity index (χ4n) is 10.5. The van der Waals surface area contributed by atoms with Crippen molar-refractivity contribution in [3.8, 4) is 12.3 Å². The topological polar surface area (TPSA) is 74.8 Å². The van der Waals surface area contributed by atoms with Crippen molar-refractivity contribution in [3.63, 3.8) is 0 Å². The number of imide groups is 2. The average molecular weight is 827 g/mol. The first kappa shape index (κ1) is 43.1. The van der Waals surface area contributed by atoms with Gasteiger partial charge >= 0.3 is 0 Å². The summed E-state index contributed by atoms with van der Waals surface area (Å²) in [4.78, 5) is 60.7. The summed E-state index contributed by atoms with van der Waals surface area (Å²) in [5, 5.41) is 6.69. The van der Waals surface area contributed by atoms with E-state index in [-0.39, 0.29) is 36.2 Å². The zero-order valence-corrected chi connectivity index (χ0v) is 37.0. The highest BCUT2D eigenvalue weighted by molar-refractivity contribution is 6.41. The van der Waals surface area contributed by atoms with E-state index in [1.165, 1.54) is 94.8 Å². The summed E-state index contributed by atoms with van der Waals surface area (Å²) in [6.45, 7) is 4.63. The van der Waals surface area contributed by atoms with E-state index in [1.54, 1.807) is 4.90 Å². The molecule has 0 saturated heterocycles. The van der Waals surface area contributed by atoms with Crippen LogP contribution in [0.3, 0.4) is 0 Å². The molecule has 6 aromatic carbocycles. The van der Waals surface area contributed by atoms with Crippen LogP contribution in [0.25, 0.3) is 43.1 Å². The lowest BCUT2D eigenvalue weighted by atomic mass is 9.82. The number of fused-ring (bicyclic) bond motifs is 2. The maximum absolute atomic E-state index is 14.8. The van der Waals surface area contributed by atoms with Gasteiger partial charge in [0.05, 0.1) is 6.54 Å². The lowest BCUT2D eigenvalue weighted by Gasteiger charge is -2.35. The van der Waals surface area contributed by atoms with E-state index >= 15 is 0 Å². The van der Waals surface area contributed by atoms with Crippen molar-refractivity contribution in [2.45, 2.75) is 155 Å². The third-order valence-electron chi connectivity index (χ3n) is 13.8. The van der Waals surface area contributed by atoms with Gasteiger partial charge in [-0.05, 0) is 87.1 Å². The molecule has 0 N–H and O–H groups in total. The largest absolute Gasteiger partial charge is 0.271 e. The predicted octanol–water partition coefficient (Wildman–Crippen LogP) is 14.3. The van der Waals surface area contributed by atoms with Crippen molar-refractivity contribution < 1.29 is 19.2 Å². The van der Waals surface area contributed by atoms with Crippen LogP contribution in [0.5, 0.6) is 0 Å². The summed E-state index contributed by atoms with van der Waals surface area (Å²) in [7, 11) is 0. The Morgan fingerprint density at radius 3 is 1.26 bits per heavy atom. The van der Waals surface area contributed by atoms with Gasteiger partial charge in [0.25, 0.3) is 23.6 Å². The Morgan fingerprint density at radius 1 is 0.468 bits per heavy atom. The molecule has 2 heterocycles. The average Bonchev–Trinajstić information content (AvgIpc) is 3.29. The molecule has 0 saturated carbocycles. The fraction of sp³-hybridized carbons (Fsp3) is 0.429. The highest BCUT2D eigenvalue weighted by Crippen LogP contribution is 2.46. The van der Waals surface area contributed by atoms with Crippen LogP contribution < -0.4 is 0 Å². The second kappa shape index (κ2) is 19.7. The number of rotatable bonds is 23. The summed E-state index contributed by atoms with van der Waals surface area (Å²) in [6, 6.07) is 22.7. The minimum Gasteiger partial charge on any atom is -0.271 e. The van der Waals surface area contributed by atoms with Crippen molar-refractivity contribution in [3.05, 3.63) is 106 Å². The molecule has 2 aliphatic heterocycles. The molecule has 0 aromatic heterocycles. The summed E-state index contributed by atoms with van der Waals surface area (Å²) < 4.78 is 0. The molecule has 0 atom stereocenters. The van der Waals surface area contributed by atoms with Gasteiger partial charge in [-0.1, -0.05) is 172 Å². The van der Waals surface area contributed by atoms with Gasteiger partial charge in [-0.3, -0.25) is 29.0 Å². The molecule has 6 heteroatoms. The zero-order chi connectivity index (χ0) is 43.2. The fourth-order valence-corrected chi connectivity index (χ4v) is 10.5. The standard InChI is InChI=1S/C56H62N2O4/c1-4-7-9-11-13-15-17-19-21-26-40(27-22-20-18-16-14-12-10-8-5-2)58-55(61)47-34-30-43-41-28-32-45-51-46(54(60)57(53(45)59)37-39-25-23-24-38(6-3)36-39)33-29-42(49(41)51)44-31-35-48(56(58)62)52(47)50(43)44/h3,23-25,28-36,40H,4-5,7-22,26-27,37H2,1-2H3. The predicted molar refractivity (Wildman–Crippen MR) is 254 cm³/mol. The number of unbranched alkanes of at least 4 members (excludes halogenated alkanes) is 16. The Hall–Kier alpha value is -5.54. The summed E-state index contributed by atoms with van der Waals surface area (Å²) >= 11 is 0. The van der Waals surface area contributed by atoms with Crippen LogP contribution in [0.2, 0.25) is 0 Å². The van der Waals surface area contributed by atoms with Gasteiger partial charge in [-0.2, -0.15) is 0 Å². The molecule has 0 fully saturated rings. The van der Waals surface area contributed by atoms with Crippen molar-refractivity contribution in [2.24, 2.45) is 0 Å². The van der Waals surface area contributed by atoms with Crippen LogP contribution in [0.15, 0.2) is 72.8 Å². The second-order valence-electron chi connectivity index (χ2n) is 18.1. The smallest absolute Gasteiger partial charge is 0.261 e. The maximum atomic E-state index is 14.8. The number of carbonyl (C=O) groups excluding carboxylic acids is 4. The van der Waals surface area contributed by atoms with Crippen molar-refractivity contribution in [1.82, 2.24) is 9.80 Å². The normalized spacial score (nSPS) is 13.9. The Bertz CT molecular complexity index is 2530. The third-order valence-corrected chi connectivity index (χ3v) is 13.8. The lowest BCUT2D eigenvalue weighted by Crippen LogP contribution is -2.47. The Balaban J connectivity index is 1.08. The number of benzene rings is 6. The van der Waals surface area contributed by atoms with Gasteiger partial charge < -0.3 is 0 Å². The van der Waals surface area contributed by atoms with Crippen LogP contribution in [0.1, 0.15) is 195 Å². The lowest BCUT2D eigenvalue weighted by molar-refractivity contribution is 0.0514. The van der Waals surface area contributed by atoms with Crippen molar-refractivity contribution >= 4 is 66.7 Å². The Labute approximate surface area is 367 Å². The van der Waals surface area contributed by atoms with Gasteiger partial charge in [0.1, 0.15) is 0 Å². The number of carbonyl (C=O) groups is 4. The van der Waals surface area contributed by atoms with E-state index in [1.807, 2.05) is 72.8 Å². The second-order valence-corrected chi connectivity index (χ2v) is 18.1. The molecule has 4 amide bonds. The van der Waals surface area contributed by atoms with Gasteiger partial charge in [0, 0.05) is 44.6 Å². The zero-order valence-electron chi connectivity index (χ0n) is 37.0. The summed E-state index contributed by atoms with van der Waals surface area (Å²) in [5.41, 5.74) is 3.59. The number of hydrogen-bond donors (Lipinski definition) is 0. The highest BCUT2D eigenvalue weighted by atomic mass is 16.2. The van der Waals surface area contributed by atoms with E-state index in [0.717, 1.165) is 76.4 Å². The Morgan fingerprint density at radius 2 is 0.855 bits per heavy atom. The highest BCUT2D eigenvalue weighted by Gasteiger charge is 2.39. The number of hydrogen-bond acceptors (Lipinski definition) is 4. The Kier molecular flexibility index (Phi) is 13.7.